The molecule has 0 saturated heterocycles. The zero-order valence-electron chi connectivity index (χ0n) is 19.0. The Morgan fingerprint density at radius 2 is 1.35 bits per heavy atom. The van der Waals surface area contributed by atoms with E-state index >= 15 is 0 Å². The Morgan fingerprint density at radius 3 is 1.87 bits per heavy atom. The molecular weight excluding hydrogens is 394 g/mol. The van der Waals surface area contributed by atoms with Gasteiger partial charge in [0.05, 0.1) is 36.6 Å². The Morgan fingerprint density at radius 1 is 0.839 bits per heavy atom. The van der Waals surface area contributed by atoms with Crippen LogP contribution in [0.15, 0.2) is 28.9 Å². The first kappa shape index (κ1) is 24.6. The van der Waals surface area contributed by atoms with Crippen molar-refractivity contribution < 1.29 is 24.3 Å². The van der Waals surface area contributed by atoms with E-state index in [2.05, 4.69) is 12.1 Å². The van der Waals surface area contributed by atoms with Crippen molar-refractivity contribution in [3.05, 3.63) is 34.9 Å². The molecule has 31 heavy (non-hydrogen) atoms. The fraction of sp³-hybridized carbons (Fsp3) is 0.560. The number of carbonyl (C=O) groups excluding carboxylic acids is 2. The van der Waals surface area contributed by atoms with E-state index in [1.807, 2.05) is 0 Å². The number of Topliss-reactive ketones (excluding diaryl/α,β-unsaturated/α-hetero) is 1. The molecule has 1 aromatic rings. The molecule has 0 fully saturated rings. The number of allylic oxidation sites excluding steroid dienone is 2. The standard InChI is InChI=1S/C25H35NO5/c1-4-5-6-7-8-9-10-11-12-13-14-19(26-29)18-17-20(27)23-21(30-2)15-16-22(31-3)24(23)25(18)28/h15-17,29H,4-14H2,1-3H3/b26-19+. The number of fused-ring (bicyclic) bond motifs is 1. The van der Waals surface area contributed by atoms with Gasteiger partial charge in [-0.3, -0.25) is 9.59 Å². The van der Waals surface area contributed by atoms with Gasteiger partial charge in [-0.25, -0.2) is 0 Å². The highest BCUT2D eigenvalue weighted by atomic mass is 16.5. The molecule has 0 spiro atoms. The van der Waals surface area contributed by atoms with Crippen molar-refractivity contribution in [1.82, 2.24) is 0 Å². The molecule has 2 rings (SSSR count). The molecule has 0 saturated carbocycles. The van der Waals surface area contributed by atoms with Crippen molar-refractivity contribution in [3.63, 3.8) is 0 Å². The molecule has 1 N–H and O–H groups in total. The van der Waals surface area contributed by atoms with Crippen LogP contribution in [0.3, 0.4) is 0 Å². The molecule has 6 heteroatoms. The van der Waals surface area contributed by atoms with Crippen LogP contribution in [0.2, 0.25) is 0 Å². The third kappa shape index (κ3) is 6.42. The molecule has 0 aromatic heterocycles. The van der Waals surface area contributed by atoms with Gasteiger partial charge in [0.15, 0.2) is 11.6 Å². The molecule has 0 unspecified atom stereocenters. The van der Waals surface area contributed by atoms with E-state index < -0.39 is 0 Å². The highest BCUT2D eigenvalue weighted by Crippen LogP contribution is 2.36. The number of rotatable bonds is 14. The Bertz CT molecular complexity index is 825. The second-order valence-electron chi connectivity index (χ2n) is 7.95. The minimum absolute atomic E-state index is 0.127. The highest BCUT2D eigenvalue weighted by Gasteiger charge is 2.33. The minimum atomic E-state index is -0.384. The average Bonchev–Trinajstić information content (AvgIpc) is 2.79. The lowest BCUT2D eigenvalue weighted by atomic mass is 9.85. The number of hydrogen-bond donors (Lipinski definition) is 1. The van der Waals surface area contributed by atoms with Gasteiger partial charge < -0.3 is 14.7 Å². The first-order valence-electron chi connectivity index (χ1n) is 11.4. The summed E-state index contributed by atoms with van der Waals surface area (Å²) >= 11 is 0. The third-order valence-electron chi connectivity index (χ3n) is 5.76. The molecule has 0 atom stereocenters. The van der Waals surface area contributed by atoms with Crippen LogP contribution in [-0.4, -0.2) is 36.7 Å². The number of carbonyl (C=O) groups is 2. The van der Waals surface area contributed by atoms with Crippen molar-refractivity contribution in [1.29, 1.82) is 0 Å². The van der Waals surface area contributed by atoms with Crippen LogP contribution in [-0.2, 0) is 0 Å². The number of nitrogens with zero attached hydrogens (tertiary/aromatic N) is 1. The molecule has 0 amide bonds. The molecule has 1 aromatic carbocycles. The molecule has 6 nitrogen and oxygen atoms in total. The highest BCUT2D eigenvalue weighted by molar-refractivity contribution is 6.37. The number of oxime groups is 1. The Kier molecular flexibility index (Phi) is 10.3. The molecular formula is C25H35NO5. The van der Waals surface area contributed by atoms with Gasteiger partial charge in [-0.1, -0.05) is 69.9 Å². The lowest BCUT2D eigenvalue weighted by molar-refractivity contribution is 0.0983. The summed E-state index contributed by atoms with van der Waals surface area (Å²) in [5.41, 5.74) is 0.719. The Hall–Kier alpha value is -2.63. The maximum absolute atomic E-state index is 13.1. The number of hydrogen-bond acceptors (Lipinski definition) is 6. The molecule has 0 heterocycles. The van der Waals surface area contributed by atoms with Crippen LogP contribution < -0.4 is 9.47 Å². The normalized spacial score (nSPS) is 13.8. The van der Waals surface area contributed by atoms with Gasteiger partial charge in [-0.2, -0.15) is 0 Å². The van der Waals surface area contributed by atoms with E-state index in [1.165, 1.54) is 65.2 Å². The lowest BCUT2D eigenvalue weighted by Gasteiger charge is -2.20. The van der Waals surface area contributed by atoms with Crippen molar-refractivity contribution in [2.24, 2.45) is 5.16 Å². The predicted octanol–water partition coefficient (Wildman–Crippen LogP) is 6.15. The van der Waals surface area contributed by atoms with Crippen molar-refractivity contribution in [2.45, 2.75) is 77.6 Å². The van der Waals surface area contributed by atoms with Gasteiger partial charge in [0, 0.05) is 0 Å². The van der Waals surface area contributed by atoms with Crippen molar-refractivity contribution >= 4 is 17.3 Å². The molecule has 0 bridgehead atoms. The summed E-state index contributed by atoms with van der Waals surface area (Å²) in [5.74, 6) is -0.118. The summed E-state index contributed by atoms with van der Waals surface area (Å²) in [5, 5.41) is 12.9. The van der Waals surface area contributed by atoms with E-state index in [-0.39, 0.29) is 34.0 Å². The maximum atomic E-state index is 13.1. The van der Waals surface area contributed by atoms with Crippen LogP contribution >= 0.6 is 0 Å². The second-order valence-corrected chi connectivity index (χ2v) is 7.95. The van der Waals surface area contributed by atoms with Gasteiger partial charge in [0.25, 0.3) is 0 Å². The lowest BCUT2D eigenvalue weighted by Crippen LogP contribution is -2.23. The van der Waals surface area contributed by atoms with Gasteiger partial charge in [-0.05, 0) is 31.1 Å². The predicted molar refractivity (Wildman–Crippen MR) is 122 cm³/mol. The molecule has 1 aliphatic rings. The van der Waals surface area contributed by atoms with Gasteiger partial charge in [0.2, 0.25) is 0 Å². The first-order valence-corrected chi connectivity index (χ1v) is 11.4. The number of methoxy groups -OCH3 is 2. The monoisotopic (exact) mass is 429 g/mol. The van der Waals surface area contributed by atoms with E-state index in [0.29, 0.717) is 17.9 Å². The molecule has 170 valence electrons. The summed E-state index contributed by atoms with van der Waals surface area (Å²) in [6.07, 6.45) is 13.6. The summed E-state index contributed by atoms with van der Waals surface area (Å²) in [6, 6.07) is 3.20. The Labute approximate surface area is 185 Å². The first-order chi connectivity index (χ1) is 15.1. The zero-order valence-corrected chi connectivity index (χ0v) is 19.0. The second kappa shape index (κ2) is 12.9. The summed E-state index contributed by atoms with van der Waals surface area (Å²) in [6.45, 7) is 2.23. The number of ether oxygens (including phenoxy) is 2. The van der Waals surface area contributed by atoms with Gasteiger partial charge in [0.1, 0.15) is 11.5 Å². The van der Waals surface area contributed by atoms with E-state index in [1.54, 1.807) is 12.1 Å². The van der Waals surface area contributed by atoms with Crippen LogP contribution in [0.25, 0.3) is 0 Å². The number of unbranched alkanes of at least 4 members (excludes halogenated alkanes) is 9. The van der Waals surface area contributed by atoms with Crippen LogP contribution in [0.1, 0.15) is 98.3 Å². The van der Waals surface area contributed by atoms with Gasteiger partial charge >= 0.3 is 0 Å². The molecule has 1 aliphatic carbocycles. The van der Waals surface area contributed by atoms with Gasteiger partial charge in [-0.15, -0.1) is 0 Å². The molecule has 0 radical (unpaired) electrons. The van der Waals surface area contributed by atoms with E-state index in [4.69, 9.17) is 9.47 Å². The minimum Gasteiger partial charge on any atom is -0.496 e. The fourth-order valence-electron chi connectivity index (χ4n) is 4.01. The molecule has 0 aliphatic heterocycles. The summed E-state index contributed by atoms with van der Waals surface area (Å²) in [7, 11) is 2.90. The van der Waals surface area contributed by atoms with Crippen LogP contribution in [0.4, 0.5) is 0 Å². The van der Waals surface area contributed by atoms with E-state index in [0.717, 1.165) is 19.3 Å². The summed E-state index contributed by atoms with van der Waals surface area (Å²) < 4.78 is 10.6. The number of ketones is 2. The van der Waals surface area contributed by atoms with E-state index in [9.17, 15) is 14.8 Å². The largest absolute Gasteiger partial charge is 0.496 e. The zero-order chi connectivity index (χ0) is 22.6. The maximum Gasteiger partial charge on any atom is 0.199 e. The van der Waals surface area contributed by atoms with Crippen LogP contribution in [0.5, 0.6) is 11.5 Å². The van der Waals surface area contributed by atoms with Crippen LogP contribution in [0, 0.1) is 0 Å². The fourth-order valence-corrected chi connectivity index (χ4v) is 4.01. The SMILES string of the molecule is CCCCCCCCCCCC/C(=N\O)C1=CC(=O)c2c(OC)ccc(OC)c2C1=O. The summed E-state index contributed by atoms with van der Waals surface area (Å²) in [4.78, 5) is 25.9. The van der Waals surface area contributed by atoms with Crippen molar-refractivity contribution in [3.8, 4) is 11.5 Å². The average molecular weight is 430 g/mol. The quantitative estimate of drug-likeness (QED) is 0.166. The van der Waals surface area contributed by atoms with Crippen molar-refractivity contribution in [2.75, 3.05) is 14.2 Å². The Balaban J connectivity index is 1.94. The number of benzene rings is 1. The smallest absolute Gasteiger partial charge is 0.199 e. The topological polar surface area (TPSA) is 85.2 Å². The third-order valence-corrected chi connectivity index (χ3v) is 5.76.